The number of nitrogens with zero attached hydrogens (tertiary/aromatic N) is 2. The van der Waals surface area contributed by atoms with Gasteiger partial charge in [0.25, 0.3) is 0 Å². The largest absolute Gasteiger partial charge is 0.455 e. The number of hydrogen-bond donors (Lipinski definition) is 0. The first-order valence-electron chi connectivity index (χ1n) is 10.4. The Hall–Kier alpha value is -3.95. The Morgan fingerprint density at radius 2 is 1.28 bits per heavy atom. The fraction of sp³-hybridized carbons (Fsp3) is 0. The van der Waals surface area contributed by atoms with E-state index in [2.05, 4.69) is 35.3 Å². The molecule has 4 aromatic carbocycles. The molecule has 3 nitrogen and oxygen atoms in total. The molecule has 2 aromatic heterocycles. The molecule has 2 heterocycles. The van der Waals surface area contributed by atoms with Crippen LogP contribution in [0.2, 0.25) is 5.15 Å². The molecule has 0 saturated carbocycles. The zero-order valence-electron chi connectivity index (χ0n) is 17.0. The van der Waals surface area contributed by atoms with Gasteiger partial charge in [0.2, 0.25) is 0 Å². The van der Waals surface area contributed by atoms with E-state index in [1.54, 1.807) is 6.07 Å². The monoisotopic (exact) mass is 432 g/mol. The second kappa shape index (κ2) is 7.63. The summed E-state index contributed by atoms with van der Waals surface area (Å²) in [7, 11) is 0. The van der Waals surface area contributed by atoms with E-state index in [4.69, 9.17) is 21.0 Å². The highest BCUT2D eigenvalue weighted by Gasteiger charge is 2.17. The number of aromatic nitrogens is 2. The summed E-state index contributed by atoms with van der Waals surface area (Å²) < 4.78 is 6.31. The van der Waals surface area contributed by atoms with E-state index >= 15 is 0 Å². The van der Waals surface area contributed by atoms with Crippen molar-refractivity contribution in [1.29, 1.82) is 0 Å². The summed E-state index contributed by atoms with van der Waals surface area (Å²) in [6, 6.07) is 34.4. The molecule has 0 unspecified atom stereocenters. The molecule has 0 atom stereocenters. The van der Waals surface area contributed by atoms with E-state index in [-0.39, 0.29) is 0 Å². The van der Waals surface area contributed by atoms with Gasteiger partial charge in [0, 0.05) is 28.0 Å². The Morgan fingerprint density at radius 3 is 2.06 bits per heavy atom. The first-order valence-corrected chi connectivity index (χ1v) is 10.8. The van der Waals surface area contributed by atoms with Gasteiger partial charge in [-0.05, 0) is 29.3 Å². The highest BCUT2D eigenvalue weighted by molar-refractivity contribution is 6.29. The van der Waals surface area contributed by atoms with Crippen LogP contribution >= 0.6 is 11.6 Å². The third-order valence-electron chi connectivity index (χ3n) is 5.59. The highest BCUT2D eigenvalue weighted by Crippen LogP contribution is 2.39. The van der Waals surface area contributed by atoms with Gasteiger partial charge in [0.1, 0.15) is 16.3 Å². The molecule has 32 heavy (non-hydrogen) atoms. The fourth-order valence-corrected chi connectivity index (χ4v) is 4.27. The van der Waals surface area contributed by atoms with Crippen molar-refractivity contribution in [3.05, 3.63) is 108 Å². The quantitative estimate of drug-likeness (QED) is 0.266. The van der Waals surface area contributed by atoms with Crippen LogP contribution in [0.15, 0.2) is 108 Å². The average molecular weight is 433 g/mol. The van der Waals surface area contributed by atoms with Crippen molar-refractivity contribution in [3.63, 3.8) is 0 Å². The van der Waals surface area contributed by atoms with Crippen LogP contribution in [0.25, 0.3) is 55.7 Å². The van der Waals surface area contributed by atoms with Crippen molar-refractivity contribution in [3.8, 4) is 33.8 Å². The van der Waals surface area contributed by atoms with E-state index in [1.807, 2.05) is 66.7 Å². The van der Waals surface area contributed by atoms with E-state index in [9.17, 15) is 0 Å². The van der Waals surface area contributed by atoms with Crippen LogP contribution < -0.4 is 0 Å². The summed E-state index contributed by atoms with van der Waals surface area (Å²) in [6.45, 7) is 0. The van der Waals surface area contributed by atoms with Crippen LogP contribution in [-0.4, -0.2) is 9.97 Å². The molecule has 152 valence electrons. The molecule has 0 radical (unpaired) electrons. The van der Waals surface area contributed by atoms with Crippen molar-refractivity contribution in [2.24, 2.45) is 0 Å². The first kappa shape index (κ1) is 18.8. The number of para-hydroxylation sites is 1. The molecule has 0 N–H and O–H groups in total. The smallest absolute Gasteiger partial charge is 0.161 e. The Bertz CT molecular complexity index is 1570. The second-order valence-electron chi connectivity index (χ2n) is 7.63. The summed E-state index contributed by atoms with van der Waals surface area (Å²) >= 11 is 6.45. The average Bonchev–Trinajstić information content (AvgIpc) is 3.23. The normalized spacial score (nSPS) is 11.3. The van der Waals surface area contributed by atoms with E-state index in [0.29, 0.717) is 11.0 Å². The Balaban J connectivity index is 1.66. The van der Waals surface area contributed by atoms with Crippen LogP contribution in [0.4, 0.5) is 0 Å². The van der Waals surface area contributed by atoms with Crippen molar-refractivity contribution >= 4 is 33.5 Å². The lowest BCUT2D eigenvalue weighted by Gasteiger charge is -2.09. The topological polar surface area (TPSA) is 38.9 Å². The van der Waals surface area contributed by atoms with E-state index < -0.39 is 0 Å². The maximum atomic E-state index is 6.45. The van der Waals surface area contributed by atoms with Crippen LogP contribution in [0.3, 0.4) is 0 Å². The minimum absolute atomic E-state index is 0.392. The molecule has 0 fully saturated rings. The molecule has 0 bridgehead atoms. The molecule has 0 amide bonds. The molecule has 0 aliphatic heterocycles. The molecule has 0 spiro atoms. The zero-order valence-corrected chi connectivity index (χ0v) is 17.8. The highest BCUT2D eigenvalue weighted by atomic mass is 35.5. The van der Waals surface area contributed by atoms with Crippen LogP contribution in [0.1, 0.15) is 0 Å². The van der Waals surface area contributed by atoms with Gasteiger partial charge in [-0.3, -0.25) is 0 Å². The lowest BCUT2D eigenvalue weighted by Crippen LogP contribution is -1.94. The summed E-state index contributed by atoms with van der Waals surface area (Å²) in [4.78, 5) is 9.33. The van der Waals surface area contributed by atoms with Crippen molar-refractivity contribution in [1.82, 2.24) is 9.97 Å². The number of furan rings is 1. The SMILES string of the molecule is Clc1cc(-c2cc(-c3ccccc3)cc3c2oc2ccccc23)nc(-c2ccccc2)n1. The number of benzene rings is 4. The van der Waals surface area contributed by atoms with Crippen LogP contribution in [-0.2, 0) is 0 Å². The van der Waals surface area contributed by atoms with Gasteiger partial charge in [-0.25, -0.2) is 9.97 Å². The van der Waals surface area contributed by atoms with Gasteiger partial charge in [-0.1, -0.05) is 90.5 Å². The van der Waals surface area contributed by atoms with Crippen molar-refractivity contribution in [2.75, 3.05) is 0 Å². The molecule has 0 aliphatic rings. The third-order valence-corrected chi connectivity index (χ3v) is 5.78. The van der Waals surface area contributed by atoms with Gasteiger partial charge < -0.3 is 4.42 Å². The predicted octanol–water partition coefficient (Wildman–Crippen LogP) is 8.03. The number of rotatable bonds is 3. The molecular weight excluding hydrogens is 416 g/mol. The molecule has 4 heteroatoms. The lowest BCUT2D eigenvalue weighted by atomic mass is 9.98. The zero-order chi connectivity index (χ0) is 21.5. The molecule has 0 saturated heterocycles. The fourth-order valence-electron chi connectivity index (χ4n) is 4.09. The van der Waals surface area contributed by atoms with Crippen molar-refractivity contribution in [2.45, 2.75) is 0 Å². The number of hydrogen-bond acceptors (Lipinski definition) is 3. The maximum absolute atomic E-state index is 6.45. The minimum Gasteiger partial charge on any atom is -0.455 e. The summed E-state index contributed by atoms with van der Waals surface area (Å²) in [6.07, 6.45) is 0. The first-order chi connectivity index (χ1) is 15.8. The molecular formula is C28H17ClN2O. The summed E-state index contributed by atoms with van der Waals surface area (Å²) in [5.74, 6) is 0.586. The van der Waals surface area contributed by atoms with Gasteiger partial charge in [0.05, 0.1) is 5.69 Å². The van der Waals surface area contributed by atoms with Gasteiger partial charge in [-0.15, -0.1) is 0 Å². The second-order valence-corrected chi connectivity index (χ2v) is 8.02. The third kappa shape index (κ3) is 3.24. The molecule has 6 rings (SSSR count). The van der Waals surface area contributed by atoms with E-state index in [1.165, 1.54) is 0 Å². The van der Waals surface area contributed by atoms with E-state index in [0.717, 1.165) is 49.9 Å². The Morgan fingerprint density at radius 1 is 0.594 bits per heavy atom. The van der Waals surface area contributed by atoms with Gasteiger partial charge in [-0.2, -0.15) is 0 Å². The molecule has 6 aromatic rings. The maximum Gasteiger partial charge on any atom is 0.161 e. The van der Waals surface area contributed by atoms with Crippen LogP contribution in [0.5, 0.6) is 0 Å². The standard InChI is InChI=1S/C28H17ClN2O/c29-26-17-24(30-28(31-26)19-11-5-2-6-12-19)23-16-20(18-9-3-1-4-10-18)15-22-21-13-7-8-14-25(21)32-27(22)23/h1-17H. The van der Waals surface area contributed by atoms with Crippen molar-refractivity contribution < 1.29 is 4.42 Å². The number of fused-ring (bicyclic) bond motifs is 3. The van der Waals surface area contributed by atoms with Gasteiger partial charge in [0.15, 0.2) is 5.82 Å². The predicted molar refractivity (Wildman–Crippen MR) is 131 cm³/mol. The summed E-state index contributed by atoms with van der Waals surface area (Å²) in [5, 5.41) is 2.51. The molecule has 0 aliphatic carbocycles. The Kier molecular flexibility index (Phi) is 4.48. The van der Waals surface area contributed by atoms with Crippen LogP contribution in [0, 0.1) is 0 Å². The lowest BCUT2D eigenvalue weighted by molar-refractivity contribution is 0.670. The Labute approximate surface area is 190 Å². The van der Waals surface area contributed by atoms with Gasteiger partial charge >= 0.3 is 0 Å². The number of halogens is 1. The summed E-state index contributed by atoms with van der Waals surface area (Å²) in [5.41, 5.74) is 6.39. The minimum atomic E-state index is 0.392.